The first kappa shape index (κ1) is 25.0. The number of rotatable bonds is 9. The molecule has 0 radical (unpaired) electrons. The molecule has 1 aliphatic carbocycles. The van der Waals surface area contributed by atoms with Crippen molar-refractivity contribution in [3.63, 3.8) is 0 Å². The number of primary amides is 1. The van der Waals surface area contributed by atoms with E-state index >= 15 is 0 Å². The second-order valence-electron chi connectivity index (χ2n) is 8.77. The van der Waals surface area contributed by atoms with E-state index in [1.54, 1.807) is 0 Å². The summed E-state index contributed by atoms with van der Waals surface area (Å²) in [5.74, 6) is -6.97. The molecule has 1 saturated heterocycles. The van der Waals surface area contributed by atoms with Gasteiger partial charge in [-0.15, -0.1) is 0 Å². The molecular weight excluding hydrogens is 460 g/mol. The second-order valence-corrected chi connectivity index (χ2v) is 9.21. The van der Waals surface area contributed by atoms with E-state index in [0.717, 1.165) is 19.3 Å². The summed E-state index contributed by atoms with van der Waals surface area (Å²) >= 11 is 6.01. The maximum atomic E-state index is 13.3. The average Bonchev–Trinajstić information content (AvgIpc) is 3.44. The Morgan fingerprint density at radius 1 is 1.27 bits per heavy atom. The molecule has 1 aliphatic heterocycles. The summed E-state index contributed by atoms with van der Waals surface area (Å²) < 4.78 is 31.9. The molecule has 1 spiro atoms. The Hall–Kier alpha value is -2.59. The van der Waals surface area contributed by atoms with Gasteiger partial charge in [-0.2, -0.15) is 0 Å². The largest absolute Gasteiger partial charge is 0.381 e. The molecule has 1 unspecified atom stereocenters. The SMILES string of the molecule is CC(F)(F)CC[C@H](NC(=O)c1cc(Cl)ccc1NC(=O)C1CC12CCOCC2)C(=O)C(N)=O. The molecule has 8 nitrogen and oxygen atoms in total. The number of ketones is 1. The number of halogens is 3. The molecule has 1 aromatic rings. The smallest absolute Gasteiger partial charge is 0.287 e. The van der Waals surface area contributed by atoms with Gasteiger partial charge in [-0.1, -0.05) is 11.6 Å². The number of hydrogen-bond donors (Lipinski definition) is 3. The highest BCUT2D eigenvalue weighted by atomic mass is 35.5. The fourth-order valence-corrected chi connectivity index (χ4v) is 4.33. The molecule has 3 rings (SSSR count). The maximum absolute atomic E-state index is 13.3. The van der Waals surface area contributed by atoms with Crippen molar-refractivity contribution < 1.29 is 32.7 Å². The van der Waals surface area contributed by atoms with Crippen LogP contribution in [0.3, 0.4) is 0 Å². The van der Waals surface area contributed by atoms with Gasteiger partial charge >= 0.3 is 0 Å². The molecule has 11 heteroatoms. The van der Waals surface area contributed by atoms with Gasteiger partial charge in [-0.3, -0.25) is 19.2 Å². The van der Waals surface area contributed by atoms with Crippen LogP contribution in [-0.4, -0.2) is 48.7 Å². The van der Waals surface area contributed by atoms with Gasteiger partial charge in [-0.05, 0) is 56.2 Å². The minimum absolute atomic E-state index is 0.0666. The Kier molecular flexibility index (Phi) is 7.38. The van der Waals surface area contributed by atoms with Gasteiger partial charge in [0.15, 0.2) is 0 Å². The Bertz CT molecular complexity index is 960. The third-order valence-electron chi connectivity index (χ3n) is 6.22. The number of carbonyl (C=O) groups excluding carboxylic acids is 4. The van der Waals surface area contributed by atoms with Crippen molar-refractivity contribution in [1.29, 1.82) is 0 Å². The highest BCUT2D eigenvalue weighted by Gasteiger charge is 2.58. The van der Waals surface area contributed by atoms with Crippen LogP contribution in [-0.2, 0) is 19.1 Å². The topological polar surface area (TPSA) is 128 Å². The number of hydrogen-bond acceptors (Lipinski definition) is 5. The van der Waals surface area contributed by atoms with E-state index < -0.39 is 42.4 Å². The van der Waals surface area contributed by atoms with E-state index in [0.29, 0.717) is 20.1 Å². The van der Waals surface area contributed by atoms with Crippen LogP contribution in [0.1, 0.15) is 49.4 Å². The highest BCUT2D eigenvalue weighted by Crippen LogP contribution is 2.59. The zero-order valence-corrected chi connectivity index (χ0v) is 18.8. The normalized spacial score (nSPS) is 20.1. The average molecular weight is 486 g/mol. The number of nitrogens with one attached hydrogen (secondary N) is 2. The number of carbonyl (C=O) groups is 4. The van der Waals surface area contributed by atoms with Crippen molar-refractivity contribution in [3.05, 3.63) is 28.8 Å². The fourth-order valence-electron chi connectivity index (χ4n) is 4.16. The molecule has 0 aromatic heterocycles. The first-order chi connectivity index (χ1) is 15.4. The molecular formula is C22H26ClF2N3O5. The molecule has 33 heavy (non-hydrogen) atoms. The summed E-state index contributed by atoms with van der Waals surface area (Å²) in [6.45, 7) is 1.86. The lowest BCUT2D eigenvalue weighted by atomic mass is 9.93. The lowest BCUT2D eigenvalue weighted by Gasteiger charge is -2.23. The van der Waals surface area contributed by atoms with Gasteiger partial charge in [-0.25, -0.2) is 8.78 Å². The van der Waals surface area contributed by atoms with Crippen molar-refractivity contribution in [2.24, 2.45) is 17.1 Å². The molecule has 0 bridgehead atoms. The number of alkyl halides is 2. The van der Waals surface area contributed by atoms with Crippen LogP contribution in [0.15, 0.2) is 18.2 Å². The van der Waals surface area contributed by atoms with E-state index in [1.165, 1.54) is 18.2 Å². The number of amides is 3. The molecule has 2 aliphatic rings. The van der Waals surface area contributed by atoms with Gasteiger partial charge < -0.3 is 21.1 Å². The molecule has 180 valence electrons. The molecule has 3 amide bonds. The van der Waals surface area contributed by atoms with Crippen molar-refractivity contribution in [3.8, 4) is 0 Å². The van der Waals surface area contributed by atoms with Gasteiger partial charge in [0, 0.05) is 30.6 Å². The summed E-state index contributed by atoms with van der Waals surface area (Å²) in [4.78, 5) is 49.1. The standard InChI is InChI=1S/C22H26ClF2N3O5/c1-21(24,25)5-4-16(17(29)18(26)30)28-19(31)13-10-12(23)2-3-15(13)27-20(32)14-11-22(14)6-8-33-9-7-22/h2-3,10,14,16H,4-9,11H2,1H3,(H2,26,30)(H,27,32)(H,28,31)/t14?,16-/m0/s1. The van der Waals surface area contributed by atoms with Crippen molar-refractivity contribution >= 4 is 40.8 Å². The van der Waals surface area contributed by atoms with Crippen LogP contribution < -0.4 is 16.4 Å². The molecule has 2 fully saturated rings. The molecule has 2 atom stereocenters. The maximum Gasteiger partial charge on any atom is 0.287 e. The zero-order chi connectivity index (χ0) is 24.4. The van der Waals surface area contributed by atoms with E-state index in [1.807, 2.05) is 0 Å². The fraction of sp³-hybridized carbons (Fsp3) is 0.545. The minimum Gasteiger partial charge on any atom is -0.381 e. The Morgan fingerprint density at radius 2 is 1.94 bits per heavy atom. The Balaban J connectivity index is 1.75. The second kappa shape index (κ2) is 9.72. The predicted molar refractivity (Wildman–Crippen MR) is 116 cm³/mol. The Labute approximate surface area is 194 Å². The van der Waals surface area contributed by atoms with Gasteiger partial charge in [0.2, 0.25) is 17.6 Å². The third kappa shape index (κ3) is 6.26. The summed E-state index contributed by atoms with van der Waals surface area (Å²) in [6, 6.07) is 2.66. The molecule has 1 aromatic carbocycles. The molecule has 4 N–H and O–H groups in total. The van der Waals surface area contributed by atoms with Gasteiger partial charge in [0.1, 0.15) is 0 Å². The van der Waals surface area contributed by atoms with Crippen LogP contribution in [0.25, 0.3) is 0 Å². The van der Waals surface area contributed by atoms with Crippen molar-refractivity contribution in [1.82, 2.24) is 5.32 Å². The van der Waals surface area contributed by atoms with E-state index in [4.69, 9.17) is 22.1 Å². The summed E-state index contributed by atoms with van der Waals surface area (Å²) in [5.41, 5.74) is 5.01. The van der Waals surface area contributed by atoms with Crippen LogP contribution in [0, 0.1) is 11.3 Å². The predicted octanol–water partition coefficient (Wildman–Crippen LogP) is 2.68. The third-order valence-corrected chi connectivity index (χ3v) is 6.45. The van der Waals surface area contributed by atoms with Gasteiger partial charge in [0.05, 0.1) is 17.3 Å². The number of anilines is 1. The quantitative estimate of drug-likeness (QED) is 0.463. The number of benzene rings is 1. The first-order valence-corrected chi connectivity index (χ1v) is 11.0. The van der Waals surface area contributed by atoms with Crippen molar-refractivity contribution in [2.75, 3.05) is 18.5 Å². The summed E-state index contributed by atoms with van der Waals surface area (Å²) in [5, 5.41) is 5.20. The van der Waals surface area contributed by atoms with Gasteiger partial charge in [0.25, 0.3) is 11.8 Å². The number of ether oxygens (including phenoxy) is 1. The summed E-state index contributed by atoms with van der Waals surface area (Å²) in [7, 11) is 0. The lowest BCUT2D eigenvalue weighted by Crippen LogP contribution is -2.46. The van der Waals surface area contributed by atoms with Crippen molar-refractivity contribution in [2.45, 2.75) is 51.0 Å². The number of nitrogens with two attached hydrogens (primary N) is 1. The zero-order valence-electron chi connectivity index (χ0n) is 18.1. The molecule has 1 heterocycles. The van der Waals surface area contributed by atoms with Crippen LogP contribution >= 0.6 is 11.6 Å². The van der Waals surface area contributed by atoms with E-state index in [-0.39, 0.29) is 33.5 Å². The Morgan fingerprint density at radius 3 is 2.55 bits per heavy atom. The van der Waals surface area contributed by atoms with E-state index in [2.05, 4.69) is 10.6 Å². The minimum atomic E-state index is -3.11. The molecule has 1 saturated carbocycles. The van der Waals surface area contributed by atoms with Crippen LogP contribution in [0.5, 0.6) is 0 Å². The monoisotopic (exact) mass is 485 g/mol. The number of Topliss-reactive ketones (excluding diaryl/α,β-unsaturated/α-hetero) is 1. The first-order valence-electron chi connectivity index (χ1n) is 10.6. The highest BCUT2D eigenvalue weighted by molar-refractivity contribution is 6.38. The van der Waals surface area contributed by atoms with Crippen LogP contribution in [0.4, 0.5) is 14.5 Å². The van der Waals surface area contributed by atoms with Crippen LogP contribution in [0.2, 0.25) is 5.02 Å². The van der Waals surface area contributed by atoms with E-state index in [9.17, 15) is 28.0 Å². The summed E-state index contributed by atoms with van der Waals surface area (Å²) in [6.07, 6.45) is 1.07. The lowest BCUT2D eigenvalue weighted by molar-refractivity contribution is -0.137.